The number of ether oxygens (including phenoxy) is 1. The van der Waals surface area contributed by atoms with E-state index in [0.717, 1.165) is 48.8 Å². The minimum atomic E-state index is 0.589. The fourth-order valence-electron chi connectivity index (χ4n) is 2.55. The highest BCUT2D eigenvalue weighted by molar-refractivity contribution is 5.58. The number of hydrogen-bond donors (Lipinski definition) is 3. The molecule has 24 heavy (non-hydrogen) atoms. The van der Waals surface area contributed by atoms with E-state index in [4.69, 9.17) is 4.74 Å². The van der Waals surface area contributed by atoms with E-state index in [9.17, 15) is 0 Å². The van der Waals surface area contributed by atoms with E-state index in [2.05, 4.69) is 32.0 Å². The van der Waals surface area contributed by atoms with Crippen molar-refractivity contribution < 1.29 is 4.74 Å². The van der Waals surface area contributed by atoms with E-state index in [1.807, 2.05) is 39.2 Å². The van der Waals surface area contributed by atoms with E-state index in [-0.39, 0.29) is 0 Å². The lowest BCUT2D eigenvalue weighted by molar-refractivity contribution is 0.409. The van der Waals surface area contributed by atoms with Crippen molar-refractivity contribution in [1.29, 1.82) is 0 Å². The summed E-state index contributed by atoms with van der Waals surface area (Å²) in [6, 6.07) is 8.00. The molecule has 0 saturated carbocycles. The highest BCUT2D eigenvalue weighted by Crippen LogP contribution is 2.26. The van der Waals surface area contributed by atoms with Gasteiger partial charge in [-0.15, -0.1) is 0 Å². The van der Waals surface area contributed by atoms with Crippen molar-refractivity contribution in [3.05, 3.63) is 35.5 Å². The van der Waals surface area contributed by atoms with Crippen LogP contribution in [0, 0.1) is 6.92 Å². The van der Waals surface area contributed by atoms with Gasteiger partial charge in [0.25, 0.3) is 0 Å². The Balaban J connectivity index is 2.14. The normalized spacial score (nSPS) is 10.5. The average Bonchev–Trinajstić information content (AvgIpc) is 2.58. The van der Waals surface area contributed by atoms with Crippen LogP contribution in [0.15, 0.2) is 24.3 Å². The lowest BCUT2D eigenvalue weighted by atomic mass is 10.1. The molecule has 0 fully saturated rings. The van der Waals surface area contributed by atoms with Gasteiger partial charge in [0.05, 0.1) is 7.11 Å². The molecule has 0 aliphatic heterocycles. The Morgan fingerprint density at radius 3 is 2.62 bits per heavy atom. The number of rotatable bonds is 9. The van der Waals surface area contributed by atoms with Crippen LogP contribution in [0.4, 0.5) is 17.5 Å². The van der Waals surface area contributed by atoms with E-state index in [1.54, 1.807) is 7.11 Å². The minimum Gasteiger partial charge on any atom is -0.496 e. The fraction of sp³-hybridized carbons (Fsp3) is 0.444. The smallest absolute Gasteiger partial charge is 0.229 e. The number of aromatic nitrogens is 2. The highest BCUT2D eigenvalue weighted by atomic mass is 16.5. The third-order valence-electron chi connectivity index (χ3n) is 3.77. The van der Waals surface area contributed by atoms with Crippen LogP contribution in [0.5, 0.6) is 5.75 Å². The number of aryl methyl sites for hydroxylation is 2. The molecule has 0 bridgehead atoms. The maximum Gasteiger partial charge on any atom is 0.229 e. The summed E-state index contributed by atoms with van der Waals surface area (Å²) in [5.41, 5.74) is 3.07. The summed E-state index contributed by atoms with van der Waals surface area (Å²) < 4.78 is 5.48. The van der Waals surface area contributed by atoms with E-state index in [1.165, 1.54) is 5.56 Å². The van der Waals surface area contributed by atoms with Gasteiger partial charge in [0.15, 0.2) is 0 Å². The van der Waals surface area contributed by atoms with Gasteiger partial charge in [-0.3, -0.25) is 0 Å². The van der Waals surface area contributed by atoms with Crippen LogP contribution in [0.2, 0.25) is 0 Å². The van der Waals surface area contributed by atoms with Crippen molar-refractivity contribution in [1.82, 2.24) is 15.3 Å². The van der Waals surface area contributed by atoms with E-state index in [0.29, 0.717) is 5.95 Å². The zero-order valence-corrected chi connectivity index (χ0v) is 14.9. The molecule has 0 saturated heterocycles. The van der Waals surface area contributed by atoms with Crippen LogP contribution in [-0.2, 0) is 6.42 Å². The highest BCUT2D eigenvalue weighted by Gasteiger charge is 2.07. The molecule has 2 aromatic rings. The van der Waals surface area contributed by atoms with E-state index < -0.39 is 0 Å². The maximum absolute atomic E-state index is 5.48. The Hall–Kier alpha value is -2.34. The molecular weight excluding hydrogens is 302 g/mol. The molecular formula is C18H27N5O. The molecule has 0 amide bonds. The Kier molecular flexibility index (Phi) is 6.81. The maximum atomic E-state index is 5.48. The number of nitrogens with zero attached hydrogens (tertiary/aromatic N) is 2. The van der Waals surface area contributed by atoms with Crippen LogP contribution < -0.4 is 20.7 Å². The van der Waals surface area contributed by atoms with Gasteiger partial charge in [-0.1, -0.05) is 0 Å². The first-order chi connectivity index (χ1) is 11.7. The van der Waals surface area contributed by atoms with Crippen LogP contribution in [0.1, 0.15) is 24.1 Å². The van der Waals surface area contributed by atoms with Gasteiger partial charge >= 0.3 is 0 Å². The molecule has 3 N–H and O–H groups in total. The summed E-state index contributed by atoms with van der Waals surface area (Å²) in [6.45, 7) is 2.99. The summed E-state index contributed by atoms with van der Waals surface area (Å²) in [6.07, 6.45) is 3.24. The second-order valence-electron chi connectivity index (χ2n) is 5.68. The zero-order chi connectivity index (χ0) is 17.4. The molecule has 130 valence electrons. The second-order valence-corrected chi connectivity index (χ2v) is 5.68. The molecule has 1 heterocycles. The zero-order valence-electron chi connectivity index (χ0n) is 14.9. The average molecular weight is 329 g/mol. The van der Waals surface area contributed by atoms with Crippen LogP contribution in [-0.4, -0.2) is 37.7 Å². The first-order valence-electron chi connectivity index (χ1n) is 8.28. The van der Waals surface area contributed by atoms with Gasteiger partial charge in [-0.25, -0.2) is 4.98 Å². The van der Waals surface area contributed by atoms with Gasteiger partial charge in [0.2, 0.25) is 5.95 Å². The molecule has 1 aromatic carbocycles. The Morgan fingerprint density at radius 1 is 1.08 bits per heavy atom. The number of benzene rings is 1. The molecule has 2 rings (SSSR count). The predicted molar refractivity (Wildman–Crippen MR) is 99.5 cm³/mol. The van der Waals surface area contributed by atoms with Crippen LogP contribution in [0.3, 0.4) is 0 Å². The SMILES string of the molecule is CNCCCCc1cc(Nc2nc(C)cc(NC)n2)ccc1OC. The van der Waals surface area contributed by atoms with Crippen molar-refractivity contribution in [2.75, 3.05) is 38.4 Å². The fourth-order valence-corrected chi connectivity index (χ4v) is 2.55. The third-order valence-corrected chi connectivity index (χ3v) is 3.77. The Bertz CT molecular complexity index is 660. The van der Waals surface area contributed by atoms with Crippen LogP contribution in [0.25, 0.3) is 0 Å². The summed E-state index contributed by atoms with van der Waals surface area (Å²) in [4.78, 5) is 8.87. The van der Waals surface area contributed by atoms with Gasteiger partial charge < -0.3 is 20.7 Å². The van der Waals surface area contributed by atoms with Gasteiger partial charge in [0.1, 0.15) is 11.6 Å². The number of hydrogen-bond acceptors (Lipinski definition) is 6. The Morgan fingerprint density at radius 2 is 1.92 bits per heavy atom. The quantitative estimate of drug-likeness (QED) is 0.614. The van der Waals surface area contributed by atoms with Crippen molar-refractivity contribution in [3.63, 3.8) is 0 Å². The number of nitrogens with one attached hydrogen (secondary N) is 3. The van der Waals surface area contributed by atoms with Crippen molar-refractivity contribution in [3.8, 4) is 5.75 Å². The molecule has 1 aromatic heterocycles. The monoisotopic (exact) mass is 329 g/mol. The first-order valence-corrected chi connectivity index (χ1v) is 8.28. The number of methoxy groups -OCH3 is 1. The van der Waals surface area contributed by atoms with E-state index >= 15 is 0 Å². The molecule has 0 aliphatic rings. The topological polar surface area (TPSA) is 71.1 Å². The lowest BCUT2D eigenvalue weighted by Gasteiger charge is -2.12. The van der Waals surface area contributed by atoms with Crippen molar-refractivity contribution >= 4 is 17.5 Å². The second kappa shape index (κ2) is 9.08. The predicted octanol–water partition coefficient (Wildman–Crippen LogP) is 3.12. The summed E-state index contributed by atoms with van der Waals surface area (Å²) in [5, 5.41) is 9.51. The minimum absolute atomic E-state index is 0.589. The molecule has 0 spiro atoms. The lowest BCUT2D eigenvalue weighted by Crippen LogP contribution is -2.07. The number of anilines is 3. The standard InChI is InChI=1S/C18H27N5O/c1-13-11-17(20-3)23-18(21-13)22-15-8-9-16(24-4)14(12-15)7-5-6-10-19-2/h8-9,11-12,19H,5-7,10H2,1-4H3,(H2,20,21,22,23). The van der Waals surface area contributed by atoms with Crippen LogP contribution >= 0.6 is 0 Å². The molecule has 0 radical (unpaired) electrons. The molecule has 6 heteroatoms. The number of unbranched alkanes of at least 4 members (excludes halogenated alkanes) is 1. The van der Waals surface area contributed by atoms with Gasteiger partial charge in [-0.2, -0.15) is 4.98 Å². The summed E-state index contributed by atoms with van der Waals surface area (Å²) in [5.74, 6) is 2.31. The third kappa shape index (κ3) is 5.09. The summed E-state index contributed by atoms with van der Waals surface area (Å²) >= 11 is 0. The first kappa shape index (κ1) is 18.0. The van der Waals surface area contributed by atoms with Crippen molar-refractivity contribution in [2.45, 2.75) is 26.2 Å². The molecule has 0 atom stereocenters. The largest absolute Gasteiger partial charge is 0.496 e. The van der Waals surface area contributed by atoms with Gasteiger partial charge in [0, 0.05) is 24.5 Å². The van der Waals surface area contributed by atoms with Gasteiger partial charge in [-0.05, 0) is 63.5 Å². The Labute approximate surface area is 144 Å². The summed E-state index contributed by atoms with van der Waals surface area (Å²) in [7, 11) is 5.54. The molecule has 0 aliphatic carbocycles. The molecule has 6 nitrogen and oxygen atoms in total. The van der Waals surface area contributed by atoms with Crippen molar-refractivity contribution in [2.24, 2.45) is 0 Å². The molecule has 0 unspecified atom stereocenters.